The first-order valence-electron chi connectivity index (χ1n) is 13.8. The van der Waals surface area contributed by atoms with Gasteiger partial charge in [0.2, 0.25) is 5.78 Å². The van der Waals surface area contributed by atoms with Crippen molar-refractivity contribution in [1.82, 2.24) is 9.80 Å². The topological polar surface area (TPSA) is 177 Å². The molecule has 222 valence electrons. The van der Waals surface area contributed by atoms with Gasteiger partial charge in [-0.2, -0.15) is 0 Å². The number of rotatable bonds is 4. The third-order valence-corrected chi connectivity index (χ3v) is 9.32. The molecular formula is C29H37FN4O7. The summed E-state index contributed by atoms with van der Waals surface area (Å²) in [6.07, 6.45) is 0.637. The molecule has 4 aliphatic rings. The Morgan fingerprint density at radius 3 is 2.44 bits per heavy atom. The molecule has 1 amide bonds. The molecule has 0 bridgehead atoms. The second-order valence-corrected chi connectivity index (χ2v) is 12.4. The molecule has 7 N–H and O–H groups in total. The second-order valence-electron chi connectivity index (χ2n) is 12.4. The molecule has 0 saturated heterocycles. The molecule has 41 heavy (non-hydrogen) atoms. The summed E-state index contributed by atoms with van der Waals surface area (Å²) in [5, 5.41) is 48.7. The minimum atomic E-state index is -2.74. The highest BCUT2D eigenvalue weighted by Crippen LogP contribution is 2.54. The Kier molecular flexibility index (Phi) is 6.75. The van der Waals surface area contributed by atoms with Crippen LogP contribution in [0, 0.1) is 17.7 Å². The number of benzene rings is 1. The Morgan fingerprint density at radius 2 is 1.85 bits per heavy atom. The third-order valence-electron chi connectivity index (χ3n) is 9.32. The number of nitrogens with zero attached hydrogens (tertiary/aromatic N) is 2. The number of anilines is 1. The van der Waals surface area contributed by atoms with Gasteiger partial charge in [0.1, 0.15) is 28.7 Å². The molecule has 5 rings (SSSR count). The molecular weight excluding hydrogens is 535 g/mol. The van der Waals surface area contributed by atoms with Crippen molar-refractivity contribution in [1.29, 1.82) is 0 Å². The van der Waals surface area contributed by atoms with Gasteiger partial charge >= 0.3 is 0 Å². The van der Waals surface area contributed by atoms with Gasteiger partial charge in [-0.1, -0.05) is 6.92 Å². The van der Waals surface area contributed by atoms with E-state index in [0.29, 0.717) is 13.1 Å². The quantitative estimate of drug-likeness (QED) is 0.229. The minimum Gasteiger partial charge on any atom is -0.508 e. The number of phenols is 1. The summed E-state index contributed by atoms with van der Waals surface area (Å²) < 4.78 is 16.4. The molecule has 0 unspecified atom stereocenters. The number of phenolic OH excluding ortho intramolecular Hbond substituents is 1. The van der Waals surface area contributed by atoms with Gasteiger partial charge in [-0.15, -0.1) is 0 Å². The van der Waals surface area contributed by atoms with Crippen molar-refractivity contribution in [2.45, 2.75) is 63.8 Å². The number of aromatic hydroxyl groups is 1. The number of carbonyl (C=O) groups excluding carboxylic acids is 3. The number of hydrogen-bond donors (Lipinski definition) is 6. The standard InChI is InChI=1S/C29H37FN4O7/c1-6-7-34-10-14-19(30)13-8-12-9-15-21(33(4)5)24(37)18(27(31)40)26(39)29(15,41)25(38)16(12)22(35)17(13)23(36)20(14)32-11-28(34,2)3/h12,15,21,32,35-36,39,41H,6-11H2,1-5H3,(H2,31,40)/t12-,15-,21-,29-/m0/s1. The number of nitrogens with two attached hydrogens (primary N) is 1. The van der Waals surface area contributed by atoms with Crippen LogP contribution in [0.1, 0.15) is 50.3 Å². The Bertz CT molecular complexity index is 1450. The lowest BCUT2D eigenvalue weighted by atomic mass is 9.57. The number of primary amides is 1. The van der Waals surface area contributed by atoms with Crippen LogP contribution < -0.4 is 11.1 Å². The number of ketones is 2. The molecule has 0 radical (unpaired) electrons. The Hall–Kier alpha value is -3.48. The van der Waals surface area contributed by atoms with Crippen LogP contribution in [-0.2, 0) is 27.3 Å². The molecule has 1 aromatic carbocycles. The van der Waals surface area contributed by atoms with Crippen molar-refractivity contribution in [3.8, 4) is 5.75 Å². The summed E-state index contributed by atoms with van der Waals surface area (Å²) in [6, 6.07) is -1.20. The lowest BCUT2D eigenvalue weighted by Gasteiger charge is -2.50. The molecule has 1 heterocycles. The maximum atomic E-state index is 16.4. The normalized spacial score (nSPS) is 29.4. The summed E-state index contributed by atoms with van der Waals surface area (Å²) in [5.41, 5.74) is 1.18. The van der Waals surface area contributed by atoms with Crippen LogP contribution in [0.25, 0.3) is 5.76 Å². The summed E-state index contributed by atoms with van der Waals surface area (Å²) in [6.45, 7) is 7.33. The van der Waals surface area contributed by atoms with Crippen LogP contribution in [0.3, 0.4) is 0 Å². The first-order valence-corrected chi connectivity index (χ1v) is 13.8. The number of halogens is 1. The lowest BCUT2D eigenvalue weighted by molar-refractivity contribution is -0.153. The van der Waals surface area contributed by atoms with Gasteiger partial charge in [-0.25, -0.2) is 4.39 Å². The highest BCUT2D eigenvalue weighted by Gasteiger charge is 2.64. The zero-order valence-electron chi connectivity index (χ0n) is 23.8. The van der Waals surface area contributed by atoms with Crippen molar-refractivity contribution < 1.29 is 39.2 Å². The van der Waals surface area contributed by atoms with E-state index in [1.807, 2.05) is 20.8 Å². The van der Waals surface area contributed by atoms with E-state index in [9.17, 15) is 34.8 Å². The zero-order chi connectivity index (χ0) is 30.3. The third kappa shape index (κ3) is 3.91. The summed E-state index contributed by atoms with van der Waals surface area (Å²) >= 11 is 0. The van der Waals surface area contributed by atoms with Gasteiger partial charge in [0.15, 0.2) is 11.4 Å². The average Bonchev–Trinajstić information content (AvgIpc) is 3.00. The van der Waals surface area contributed by atoms with Crippen LogP contribution >= 0.6 is 0 Å². The largest absolute Gasteiger partial charge is 0.508 e. The predicted molar refractivity (Wildman–Crippen MR) is 147 cm³/mol. The summed E-state index contributed by atoms with van der Waals surface area (Å²) in [4.78, 5) is 42.9. The smallest absolute Gasteiger partial charge is 0.255 e. The Balaban J connectivity index is 1.71. The molecule has 1 saturated carbocycles. The molecule has 11 nitrogen and oxygen atoms in total. The first kappa shape index (κ1) is 29.0. The lowest BCUT2D eigenvalue weighted by Crippen LogP contribution is -2.65. The van der Waals surface area contributed by atoms with E-state index in [4.69, 9.17) is 5.73 Å². The summed E-state index contributed by atoms with van der Waals surface area (Å²) in [7, 11) is 3.05. The van der Waals surface area contributed by atoms with Gasteiger partial charge in [0, 0.05) is 41.2 Å². The highest BCUT2D eigenvalue weighted by atomic mass is 19.1. The Labute approximate surface area is 237 Å². The molecule has 3 aliphatic carbocycles. The molecule has 1 aliphatic heterocycles. The number of aliphatic hydroxyl groups is 3. The zero-order valence-corrected chi connectivity index (χ0v) is 23.8. The van der Waals surface area contributed by atoms with Crippen LogP contribution in [0.2, 0.25) is 0 Å². The van der Waals surface area contributed by atoms with E-state index in [-0.39, 0.29) is 52.9 Å². The molecule has 1 aromatic rings. The van der Waals surface area contributed by atoms with E-state index in [1.165, 1.54) is 19.0 Å². The Morgan fingerprint density at radius 1 is 1.20 bits per heavy atom. The monoisotopic (exact) mass is 572 g/mol. The van der Waals surface area contributed by atoms with Gasteiger partial charge in [0.25, 0.3) is 5.91 Å². The number of fused-ring (bicyclic) bond motifs is 4. The maximum absolute atomic E-state index is 16.4. The fourth-order valence-corrected chi connectivity index (χ4v) is 7.20. The van der Waals surface area contributed by atoms with E-state index in [1.54, 1.807) is 0 Å². The molecule has 12 heteroatoms. The molecule has 1 fully saturated rings. The molecule has 0 aromatic heterocycles. The average molecular weight is 573 g/mol. The number of amides is 1. The number of carbonyl (C=O) groups is 3. The van der Waals surface area contributed by atoms with Crippen LogP contribution in [-0.4, -0.2) is 92.1 Å². The van der Waals surface area contributed by atoms with Crippen molar-refractivity contribution in [2.24, 2.45) is 17.6 Å². The second kappa shape index (κ2) is 9.53. The van der Waals surface area contributed by atoms with E-state index >= 15 is 4.39 Å². The SMILES string of the molecule is CCCN1Cc2c(F)c3c(c(O)c2NCC1(C)C)C(O)=C1C(=O)[C@]2(O)C(O)=C(C(N)=O)C(=O)[C@@H](N(C)C)[C@@H]2C[C@@H]1C3. The van der Waals surface area contributed by atoms with E-state index in [2.05, 4.69) is 10.2 Å². The number of Topliss-reactive ketones (excluding diaryl/α,β-unsaturated/α-hetero) is 2. The highest BCUT2D eigenvalue weighted by molar-refractivity contribution is 6.24. The van der Waals surface area contributed by atoms with Crippen molar-refractivity contribution in [2.75, 3.05) is 32.5 Å². The van der Waals surface area contributed by atoms with Gasteiger partial charge in [0.05, 0.1) is 17.3 Å². The van der Waals surface area contributed by atoms with Crippen molar-refractivity contribution in [3.05, 3.63) is 39.4 Å². The fourth-order valence-electron chi connectivity index (χ4n) is 7.20. The number of aliphatic hydroxyl groups excluding tert-OH is 2. The van der Waals surface area contributed by atoms with Crippen LogP contribution in [0.15, 0.2) is 16.9 Å². The predicted octanol–water partition coefficient (Wildman–Crippen LogP) is 1.52. The van der Waals surface area contributed by atoms with E-state index in [0.717, 1.165) is 6.42 Å². The van der Waals surface area contributed by atoms with Crippen molar-refractivity contribution >= 4 is 28.9 Å². The van der Waals surface area contributed by atoms with Crippen LogP contribution in [0.4, 0.5) is 10.1 Å². The fraction of sp³-hybridized carbons (Fsp3) is 0.552. The van der Waals surface area contributed by atoms with Gasteiger partial charge in [-0.3, -0.25) is 24.2 Å². The van der Waals surface area contributed by atoms with Crippen molar-refractivity contribution in [3.63, 3.8) is 0 Å². The van der Waals surface area contributed by atoms with Gasteiger partial charge < -0.3 is 31.5 Å². The van der Waals surface area contributed by atoms with Crippen LogP contribution in [0.5, 0.6) is 5.75 Å². The number of hydrogen-bond acceptors (Lipinski definition) is 10. The first-order chi connectivity index (χ1) is 19.1. The number of nitrogens with one attached hydrogen (secondary N) is 1. The summed E-state index contributed by atoms with van der Waals surface area (Å²) in [5.74, 6) is -8.23. The number of likely N-dealkylation sites (N-methyl/N-ethyl adjacent to an activating group) is 1. The minimum absolute atomic E-state index is 0.0322. The molecule has 4 atom stereocenters. The molecule has 0 spiro atoms. The maximum Gasteiger partial charge on any atom is 0.255 e. The van der Waals surface area contributed by atoms with E-state index < -0.39 is 69.6 Å². The van der Waals surface area contributed by atoms with Gasteiger partial charge in [-0.05, 0) is 59.7 Å².